The lowest BCUT2D eigenvalue weighted by Crippen LogP contribution is -2.41. The molecule has 0 saturated carbocycles. The quantitative estimate of drug-likeness (QED) is 0.712. The number of rotatable bonds is 1. The van der Waals surface area contributed by atoms with Crippen molar-refractivity contribution < 1.29 is 4.74 Å². The highest BCUT2D eigenvalue weighted by Crippen LogP contribution is 2.34. The van der Waals surface area contributed by atoms with Crippen LogP contribution in [0.2, 0.25) is 0 Å². The Bertz CT molecular complexity index is 333. The molecule has 2 rings (SSSR count). The van der Waals surface area contributed by atoms with Gasteiger partial charge in [0.1, 0.15) is 12.4 Å². The van der Waals surface area contributed by atoms with Crippen molar-refractivity contribution in [3.8, 4) is 5.75 Å². The Morgan fingerprint density at radius 2 is 2.29 bits per heavy atom. The third kappa shape index (κ3) is 1.55. The predicted octanol–water partition coefficient (Wildman–Crippen LogP) is 1.73. The van der Waals surface area contributed by atoms with Crippen LogP contribution < -0.4 is 15.8 Å². The van der Waals surface area contributed by atoms with Gasteiger partial charge < -0.3 is 15.8 Å². The van der Waals surface area contributed by atoms with Gasteiger partial charge in [-0.05, 0) is 25.5 Å². The highest BCUT2D eigenvalue weighted by atomic mass is 16.5. The Balaban J connectivity index is 2.43. The van der Waals surface area contributed by atoms with Gasteiger partial charge in [0.05, 0.1) is 11.2 Å². The molecule has 3 nitrogen and oxygen atoms in total. The summed E-state index contributed by atoms with van der Waals surface area (Å²) in [5, 5.41) is 3.45. The van der Waals surface area contributed by atoms with Gasteiger partial charge in [-0.15, -0.1) is 0 Å². The lowest BCUT2D eigenvalue weighted by molar-refractivity contribution is 0.241. The van der Waals surface area contributed by atoms with E-state index >= 15 is 0 Å². The second-order valence-electron chi connectivity index (χ2n) is 4.29. The van der Waals surface area contributed by atoms with Gasteiger partial charge in [0.2, 0.25) is 0 Å². The van der Waals surface area contributed by atoms with Gasteiger partial charge >= 0.3 is 0 Å². The van der Waals surface area contributed by atoms with Crippen LogP contribution in [0.5, 0.6) is 5.75 Å². The minimum atomic E-state index is -0.0156. The van der Waals surface area contributed by atoms with Crippen LogP contribution in [0, 0.1) is 0 Å². The molecular weight excluding hydrogens is 176 g/mol. The Kier molecular flexibility index (Phi) is 2.11. The second kappa shape index (κ2) is 3.17. The summed E-state index contributed by atoms with van der Waals surface area (Å²) in [6.07, 6.45) is 0. The lowest BCUT2D eigenvalue weighted by atomic mass is 10.0. The zero-order valence-corrected chi connectivity index (χ0v) is 8.63. The first-order chi connectivity index (χ1) is 6.62. The first-order valence-corrected chi connectivity index (χ1v) is 4.85. The van der Waals surface area contributed by atoms with Crippen LogP contribution in [0.3, 0.4) is 0 Å². The van der Waals surface area contributed by atoms with Crippen molar-refractivity contribution in [2.45, 2.75) is 25.9 Å². The second-order valence-corrected chi connectivity index (χ2v) is 4.29. The van der Waals surface area contributed by atoms with E-state index in [1.54, 1.807) is 0 Å². The van der Waals surface area contributed by atoms with Gasteiger partial charge in [0.25, 0.3) is 0 Å². The highest BCUT2D eigenvalue weighted by Gasteiger charge is 2.26. The van der Waals surface area contributed by atoms with Crippen LogP contribution in [-0.2, 0) is 6.54 Å². The summed E-state index contributed by atoms with van der Waals surface area (Å²) in [5.74, 6) is 0.910. The average molecular weight is 192 g/mol. The maximum atomic E-state index is 5.67. The molecule has 3 heteroatoms. The van der Waals surface area contributed by atoms with Crippen molar-refractivity contribution >= 4 is 5.69 Å². The van der Waals surface area contributed by atoms with Gasteiger partial charge in [-0.25, -0.2) is 0 Å². The molecule has 1 aromatic rings. The van der Waals surface area contributed by atoms with E-state index in [9.17, 15) is 0 Å². The maximum absolute atomic E-state index is 5.67. The van der Waals surface area contributed by atoms with Crippen molar-refractivity contribution in [3.63, 3.8) is 0 Å². The van der Waals surface area contributed by atoms with E-state index in [1.165, 1.54) is 0 Å². The molecule has 0 atom stereocenters. The SMILES string of the molecule is CC1(C)COc2cccc(CN)c2N1. The summed E-state index contributed by atoms with van der Waals surface area (Å²) in [5.41, 5.74) is 7.81. The Morgan fingerprint density at radius 1 is 1.50 bits per heavy atom. The molecule has 0 fully saturated rings. The van der Waals surface area contributed by atoms with Crippen molar-refractivity contribution in [1.29, 1.82) is 0 Å². The van der Waals surface area contributed by atoms with Crippen LogP contribution in [0.4, 0.5) is 5.69 Å². The fourth-order valence-electron chi connectivity index (χ4n) is 1.64. The zero-order valence-electron chi connectivity index (χ0n) is 8.63. The molecule has 1 aromatic carbocycles. The van der Waals surface area contributed by atoms with E-state index in [-0.39, 0.29) is 5.54 Å². The van der Waals surface area contributed by atoms with Gasteiger partial charge in [0.15, 0.2) is 0 Å². The molecule has 3 N–H and O–H groups in total. The molecule has 0 amide bonds. The Hall–Kier alpha value is -1.22. The number of hydrogen-bond acceptors (Lipinski definition) is 3. The van der Waals surface area contributed by atoms with Gasteiger partial charge in [0, 0.05) is 6.54 Å². The topological polar surface area (TPSA) is 47.3 Å². The summed E-state index contributed by atoms with van der Waals surface area (Å²) in [4.78, 5) is 0. The minimum absolute atomic E-state index is 0.0156. The number of para-hydroxylation sites is 1. The highest BCUT2D eigenvalue weighted by molar-refractivity contribution is 5.64. The van der Waals surface area contributed by atoms with Crippen LogP contribution in [0.25, 0.3) is 0 Å². The van der Waals surface area contributed by atoms with E-state index in [0.717, 1.165) is 17.0 Å². The molecule has 1 aliphatic rings. The molecule has 0 unspecified atom stereocenters. The van der Waals surface area contributed by atoms with Crippen LogP contribution in [0.15, 0.2) is 18.2 Å². The largest absolute Gasteiger partial charge is 0.489 e. The third-order valence-electron chi connectivity index (χ3n) is 2.38. The maximum Gasteiger partial charge on any atom is 0.142 e. The van der Waals surface area contributed by atoms with E-state index in [4.69, 9.17) is 10.5 Å². The smallest absolute Gasteiger partial charge is 0.142 e. The molecule has 0 aliphatic carbocycles. The first-order valence-electron chi connectivity index (χ1n) is 4.85. The zero-order chi connectivity index (χ0) is 10.2. The van der Waals surface area contributed by atoms with Crippen LogP contribution >= 0.6 is 0 Å². The number of ether oxygens (including phenoxy) is 1. The van der Waals surface area contributed by atoms with E-state index < -0.39 is 0 Å². The van der Waals surface area contributed by atoms with Gasteiger partial charge in [-0.2, -0.15) is 0 Å². The van der Waals surface area contributed by atoms with Crippen LogP contribution in [-0.4, -0.2) is 12.1 Å². The molecule has 76 valence electrons. The number of fused-ring (bicyclic) bond motifs is 1. The molecule has 0 saturated heterocycles. The third-order valence-corrected chi connectivity index (χ3v) is 2.38. The molecule has 1 aliphatic heterocycles. The molecular formula is C11H16N2O. The van der Waals surface area contributed by atoms with Crippen molar-refractivity contribution in [2.75, 3.05) is 11.9 Å². The molecule has 0 radical (unpaired) electrons. The summed E-state index contributed by atoms with van der Waals surface area (Å²) in [6.45, 7) is 5.45. The molecule has 1 heterocycles. The van der Waals surface area contributed by atoms with E-state index in [0.29, 0.717) is 13.2 Å². The normalized spacial score (nSPS) is 17.9. The minimum Gasteiger partial charge on any atom is -0.489 e. The van der Waals surface area contributed by atoms with E-state index in [2.05, 4.69) is 19.2 Å². The number of hydrogen-bond donors (Lipinski definition) is 2. The first kappa shape index (κ1) is 9.34. The number of nitrogens with two attached hydrogens (primary N) is 1. The molecule has 0 aromatic heterocycles. The summed E-state index contributed by atoms with van der Waals surface area (Å²) < 4.78 is 5.66. The van der Waals surface area contributed by atoms with Gasteiger partial charge in [-0.1, -0.05) is 12.1 Å². The van der Waals surface area contributed by atoms with Crippen molar-refractivity contribution in [2.24, 2.45) is 5.73 Å². The molecule has 14 heavy (non-hydrogen) atoms. The summed E-state index contributed by atoms with van der Waals surface area (Å²) in [7, 11) is 0. The van der Waals surface area contributed by atoms with Gasteiger partial charge in [-0.3, -0.25) is 0 Å². The monoisotopic (exact) mass is 192 g/mol. The van der Waals surface area contributed by atoms with Crippen molar-refractivity contribution in [1.82, 2.24) is 0 Å². The Labute approximate surface area is 84.3 Å². The standard InChI is InChI=1S/C11H16N2O/c1-11(2)7-14-9-5-3-4-8(6-12)10(9)13-11/h3-5,13H,6-7,12H2,1-2H3. The fourth-order valence-corrected chi connectivity index (χ4v) is 1.64. The predicted molar refractivity (Wildman–Crippen MR) is 57.5 cm³/mol. The van der Waals surface area contributed by atoms with Crippen LogP contribution in [0.1, 0.15) is 19.4 Å². The average Bonchev–Trinajstić information content (AvgIpc) is 2.15. The number of anilines is 1. The summed E-state index contributed by atoms with van der Waals surface area (Å²) >= 11 is 0. The molecule has 0 spiro atoms. The lowest BCUT2D eigenvalue weighted by Gasteiger charge is -2.34. The van der Waals surface area contributed by atoms with E-state index in [1.807, 2.05) is 18.2 Å². The Morgan fingerprint density at radius 3 is 3.00 bits per heavy atom. The number of benzene rings is 1. The molecule has 0 bridgehead atoms. The van der Waals surface area contributed by atoms with Crippen molar-refractivity contribution in [3.05, 3.63) is 23.8 Å². The number of nitrogens with one attached hydrogen (secondary N) is 1. The fraction of sp³-hybridized carbons (Fsp3) is 0.455. The summed E-state index contributed by atoms with van der Waals surface area (Å²) in [6, 6.07) is 5.97.